The Balaban J connectivity index is 2.03. The van der Waals surface area contributed by atoms with Gasteiger partial charge in [-0.2, -0.15) is 0 Å². The molecule has 0 spiro atoms. The summed E-state index contributed by atoms with van der Waals surface area (Å²) < 4.78 is 0. The fourth-order valence-electron chi connectivity index (χ4n) is 3.33. The zero-order chi connectivity index (χ0) is 15.8. The second-order valence-electron chi connectivity index (χ2n) is 7.38. The van der Waals surface area contributed by atoms with Crippen LogP contribution in [0, 0.1) is 5.41 Å². The van der Waals surface area contributed by atoms with Crippen LogP contribution in [0.25, 0.3) is 0 Å². The van der Waals surface area contributed by atoms with Gasteiger partial charge in [0.05, 0.1) is 0 Å². The van der Waals surface area contributed by atoms with E-state index in [1.165, 1.54) is 6.42 Å². The fraction of sp³-hybridized carbons (Fsp3) is 0.867. The summed E-state index contributed by atoms with van der Waals surface area (Å²) in [5.41, 5.74) is -0.514. The van der Waals surface area contributed by atoms with Crippen LogP contribution >= 0.6 is 0 Å². The van der Waals surface area contributed by atoms with Gasteiger partial charge in [0, 0.05) is 25.2 Å². The van der Waals surface area contributed by atoms with Crippen molar-refractivity contribution in [3.05, 3.63) is 0 Å². The SMILES string of the molecule is CC1CN2CCCC2CN1C(=O)N[C@H](C(=O)O)C(C)(C)C. The van der Waals surface area contributed by atoms with Crippen molar-refractivity contribution in [2.24, 2.45) is 5.41 Å². The van der Waals surface area contributed by atoms with Crippen molar-refractivity contribution in [2.75, 3.05) is 19.6 Å². The van der Waals surface area contributed by atoms with Crippen molar-refractivity contribution in [3.8, 4) is 0 Å². The van der Waals surface area contributed by atoms with Gasteiger partial charge in [0.1, 0.15) is 6.04 Å². The average molecular weight is 297 g/mol. The highest BCUT2D eigenvalue weighted by molar-refractivity contribution is 5.83. The predicted octanol–water partition coefficient (Wildman–Crippen LogP) is 1.36. The Morgan fingerprint density at radius 2 is 1.95 bits per heavy atom. The molecule has 2 heterocycles. The Morgan fingerprint density at radius 1 is 1.29 bits per heavy atom. The van der Waals surface area contributed by atoms with Gasteiger partial charge in [-0.15, -0.1) is 0 Å². The van der Waals surface area contributed by atoms with Crippen LogP contribution in [-0.2, 0) is 4.79 Å². The Labute approximate surface area is 126 Å². The molecule has 2 aliphatic heterocycles. The molecular formula is C15H27N3O3. The number of hydrogen-bond donors (Lipinski definition) is 2. The highest BCUT2D eigenvalue weighted by Gasteiger charge is 2.39. The maximum atomic E-state index is 12.5. The van der Waals surface area contributed by atoms with E-state index in [9.17, 15) is 14.7 Å². The van der Waals surface area contributed by atoms with Crippen LogP contribution in [0.2, 0.25) is 0 Å². The Kier molecular flexibility index (Phi) is 4.46. The number of aliphatic carboxylic acids is 1. The molecule has 6 nitrogen and oxygen atoms in total. The predicted molar refractivity (Wildman–Crippen MR) is 80.2 cm³/mol. The average Bonchev–Trinajstić information content (AvgIpc) is 2.79. The molecule has 2 fully saturated rings. The fourth-order valence-corrected chi connectivity index (χ4v) is 3.33. The Bertz CT molecular complexity index is 419. The lowest BCUT2D eigenvalue weighted by molar-refractivity contribution is -0.142. The van der Waals surface area contributed by atoms with Crippen molar-refractivity contribution < 1.29 is 14.7 Å². The second-order valence-corrected chi connectivity index (χ2v) is 7.38. The number of carboxylic acids is 1. The summed E-state index contributed by atoms with van der Waals surface area (Å²) in [6.07, 6.45) is 2.31. The second kappa shape index (κ2) is 5.83. The molecule has 3 atom stereocenters. The maximum Gasteiger partial charge on any atom is 0.326 e. The van der Waals surface area contributed by atoms with E-state index in [0.717, 1.165) is 19.5 Å². The van der Waals surface area contributed by atoms with E-state index in [2.05, 4.69) is 10.2 Å². The number of fused-ring (bicyclic) bond motifs is 1. The van der Waals surface area contributed by atoms with Crippen molar-refractivity contribution in [2.45, 2.75) is 58.7 Å². The summed E-state index contributed by atoms with van der Waals surface area (Å²) >= 11 is 0. The molecule has 2 amide bonds. The first-order chi connectivity index (χ1) is 9.70. The molecule has 2 saturated heterocycles. The summed E-state index contributed by atoms with van der Waals surface area (Å²) in [7, 11) is 0. The summed E-state index contributed by atoms with van der Waals surface area (Å²) in [4.78, 5) is 28.1. The molecule has 0 radical (unpaired) electrons. The van der Waals surface area contributed by atoms with E-state index < -0.39 is 17.4 Å². The smallest absolute Gasteiger partial charge is 0.326 e. The maximum absolute atomic E-state index is 12.5. The lowest BCUT2D eigenvalue weighted by Crippen LogP contribution is -2.61. The molecule has 2 aliphatic rings. The van der Waals surface area contributed by atoms with Crippen LogP contribution in [0.15, 0.2) is 0 Å². The minimum Gasteiger partial charge on any atom is -0.480 e. The summed E-state index contributed by atoms with van der Waals surface area (Å²) in [6, 6.07) is -0.575. The molecule has 0 saturated carbocycles. The molecule has 21 heavy (non-hydrogen) atoms. The van der Waals surface area contributed by atoms with Gasteiger partial charge in [-0.05, 0) is 31.7 Å². The first-order valence-electron chi connectivity index (χ1n) is 7.74. The van der Waals surface area contributed by atoms with E-state index in [-0.39, 0.29) is 12.1 Å². The van der Waals surface area contributed by atoms with E-state index in [1.54, 1.807) is 4.90 Å². The van der Waals surface area contributed by atoms with E-state index >= 15 is 0 Å². The molecule has 0 aromatic carbocycles. The molecule has 2 N–H and O–H groups in total. The third kappa shape index (κ3) is 3.48. The van der Waals surface area contributed by atoms with Gasteiger partial charge < -0.3 is 15.3 Å². The van der Waals surface area contributed by atoms with Gasteiger partial charge in [0.25, 0.3) is 0 Å². The van der Waals surface area contributed by atoms with Crippen molar-refractivity contribution in [1.29, 1.82) is 0 Å². The zero-order valence-corrected chi connectivity index (χ0v) is 13.4. The first kappa shape index (κ1) is 16.1. The number of nitrogens with zero attached hydrogens (tertiary/aromatic N) is 2. The molecule has 120 valence electrons. The van der Waals surface area contributed by atoms with Gasteiger partial charge in [0.2, 0.25) is 0 Å². The minimum absolute atomic E-state index is 0.119. The standard InChI is InChI=1S/C15H27N3O3/c1-10-8-17-7-5-6-11(17)9-18(10)14(21)16-12(13(19)20)15(2,3)4/h10-12H,5-9H2,1-4H3,(H,16,21)(H,19,20)/t10?,11?,12-/m1/s1. The molecule has 6 heteroatoms. The van der Waals surface area contributed by atoms with Crippen molar-refractivity contribution >= 4 is 12.0 Å². The minimum atomic E-state index is -0.983. The number of carbonyl (C=O) groups excluding carboxylic acids is 1. The van der Waals surface area contributed by atoms with Crippen LogP contribution in [0.4, 0.5) is 4.79 Å². The van der Waals surface area contributed by atoms with Crippen LogP contribution in [0.3, 0.4) is 0 Å². The van der Waals surface area contributed by atoms with Gasteiger partial charge in [-0.25, -0.2) is 9.59 Å². The van der Waals surface area contributed by atoms with Gasteiger partial charge in [-0.1, -0.05) is 20.8 Å². The molecular weight excluding hydrogens is 270 g/mol. The number of urea groups is 1. The third-order valence-corrected chi connectivity index (χ3v) is 4.58. The highest BCUT2D eigenvalue weighted by Crippen LogP contribution is 2.25. The number of rotatable bonds is 2. The van der Waals surface area contributed by atoms with Gasteiger partial charge in [0.15, 0.2) is 0 Å². The van der Waals surface area contributed by atoms with Gasteiger partial charge >= 0.3 is 12.0 Å². The van der Waals surface area contributed by atoms with E-state index in [0.29, 0.717) is 12.6 Å². The van der Waals surface area contributed by atoms with E-state index in [1.807, 2.05) is 27.7 Å². The van der Waals surface area contributed by atoms with Crippen LogP contribution < -0.4 is 5.32 Å². The van der Waals surface area contributed by atoms with Crippen LogP contribution in [-0.4, -0.2) is 64.7 Å². The van der Waals surface area contributed by atoms with Crippen molar-refractivity contribution in [1.82, 2.24) is 15.1 Å². The monoisotopic (exact) mass is 297 g/mol. The lowest BCUT2D eigenvalue weighted by atomic mass is 9.87. The zero-order valence-electron chi connectivity index (χ0n) is 13.4. The molecule has 0 aliphatic carbocycles. The summed E-state index contributed by atoms with van der Waals surface area (Å²) in [5, 5.41) is 12.0. The highest BCUT2D eigenvalue weighted by atomic mass is 16.4. The largest absolute Gasteiger partial charge is 0.480 e. The number of carbonyl (C=O) groups is 2. The van der Waals surface area contributed by atoms with Gasteiger partial charge in [-0.3, -0.25) is 4.90 Å². The normalized spacial score (nSPS) is 28.1. The number of carboxylic acid groups (broad SMARTS) is 1. The molecule has 0 aromatic heterocycles. The van der Waals surface area contributed by atoms with Crippen molar-refractivity contribution in [3.63, 3.8) is 0 Å². The Hall–Kier alpha value is -1.30. The number of nitrogens with one attached hydrogen (secondary N) is 1. The molecule has 2 rings (SSSR count). The third-order valence-electron chi connectivity index (χ3n) is 4.58. The molecule has 0 aromatic rings. The first-order valence-corrected chi connectivity index (χ1v) is 7.74. The summed E-state index contributed by atoms with van der Waals surface area (Å²) in [6.45, 7) is 10.2. The quantitative estimate of drug-likeness (QED) is 0.807. The van der Waals surface area contributed by atoms with Crippen LogP contribution in [0.5, 0.6) is 0 Å². The lowest BCUT2D eigenvalue weighted by Gasteiger charge is -2.43. The molecule has 2 unspecified atom stereocenters. The van der Waals surface area contributed by atoms with E-state index in [4.69, 9.17) is 0 Å². The topological polar surface area (TPSA) is 72.9 Å². The molecule has 0 bridgehead atoms. The Morgan fingerprint density at radius 3 is 2.52 bits per heavy atom. The summed E-state index contributed by atoms with van der Waals surface area (Å²) in [5.74, 6) is -0.983. The number of amides is 2. The van der Waals surface area contributed by atoms with Crippen LogP contribution in [0.1, 0.15) is 40.5 Å². The number of hydrogen-bond acceptors (Lipinski definition) is 3. The number of piperazine rings is 1.